The van der Waals surface area contributed by atoms with Crippen LogP contribution in [0.15, 0.2) is 48.5 Å². The van der Waals surface area contributed by atoms with E-state index in [9.17, 15) is 4.79 Å². The van der Waals surface area contributed by atoms with E-state index in [4.69, 9.17) is 23.2 Å². The van der Waals surface area contributed by atoms with Gasteiger partial charge in [0.1, 0.15) is 6.04 Å². The maximum atomic E-state index is 12.8. The van der Waals surface area contributed by atoms with Crippen molar-refractivity contribution < 1.29 is 4.79 Å². The first-order chi connectivity index (χ1) is 11.5. The highest BCUT2D eigenvalue weighted by molar-refractivity contribution is 6.35. The van der Waals surface area contributed by atoms with Crippen LogP contribution in [0.1, 0.15) is 38.3 Å². The third-order valence-corrected chi connectivity index (χ3v) is 4.35. The predicted octanol–water partition coefficient (Wildman–Crippen LogP) is 5.45. The predicted molar refractivity (Wildman–Crippen MR) is 102 cm³/mol. The Balaban J connectivity index is 2.23. The lowest BCUT2D eigenvalue weighted by Gasteiger charge is -2.24. The van der Waals surface area contributed by atoms with Crippen molar-refractivity contribution in [1.29, 1.82) is 0 Å². The highest BCUT2D eigenvalue weighted by Crippen LogP contribution is 2.24. The van der Waals surface area contributed by atoms with E-state index in [1.54, 1.807) is 18.2 Å². The number of rotatable bonds is 7. The van der Waals surface area contributed by atoms with Gasteiger partial charge in [0.05, 0.1) is 0 Å². The van der Waals surface area contributed by atoms with Gasteiger partial charge in [0.25, 0.3) is 0 Å². The summed E-state index contributed by atoms with van der Waals surface area (Å²) in [5, 5.41) is 7.32. The minimum atomic E-state index is -0.436. The summed E-state index contributed by atoms with van der Waals surface area (Å²) < 4.78 is 0. The smallest absolute Gasteiger partial charge is 0.246 e. The molecule has 0 aliphatic carbocycles. The van der Waals surface area contributed by atoms with E-state index in [2.05, 4.69) is 24.5 Å². The molecular weight excluding hydrogens is 343 g/mol. The third-order valence-electron chi connectivity index (χ3n) is 3.91. The van der Waals surface area contributed by atoms with Crippen molar-refractivity contribution in [2.75, 3.05) is 5.32 Å². The molecule has 5 heteroatoms. The Kier molecular flexibility index (Phi) is 7.10. The molecule has 24 heavy (non-hydrogen) atoms. The van der Waals surface area contributed by atoms with Crippen LogP contribution in [0.3, 0.4) is 0 Å². The van der Waals surface area contributed by atoms with Crippen molar-refractivity contribution in [1.82, 2.24) is 5.32 Å². The van der Waals surface area contributed by atoms with Gasteiger partial charge < -0.3 is 5.32 Å². The van der Waals surface area contributed by atoms with Gasteiger partial charge in [-0.05, 0) is 36.6 Å². The van der Waals surface area contributed by atoms with Crippen LogP contribution in [0, 0.1) is 0 Å². The van der Waals surface area contributed by atoms with Crippen LogP contribution < -0.4 is 10.6 Å². The van der Waals surface area contributed by atoms with Gasteiger partial charge in [0.15, 0.2) is 0 Å². The molecule has 0 saturated carbocycles. The second-order valence-electron chi connectivity index (χ2n) is 5.67. The van der Waals surface area contributed by atoms with Crippen molar-refractivity contribution in [2.45, 2.75) is 38.8 Å². The maximum Gasteiger partial charge on any atom is 0.246 e. The molecule has 1 amide bonds. The Hall–Kier alpha value is -1.55. The highest BCUT2D eigenvalue weighted by Gasteiger charge is 2.23. The zero-order valence-corrected chi connectivity index (χ0v) is 15.4. The van der Waals surface area contributed by atoms with Crippen molar-refractivity contribution in [3.05, 3.63) is 64.1 Å². The molecule has 0 saturated heterocycles. The Morgan fingerprint density at radius 3 is 2.12 bits per heavy atom. The van der Waals surface area contributed by atoms with Gasteiger partial charge in [-0.15, -0.1) is 0 Å². The molecule has 0 unspecified atom stereocenters. The minimum Gasteiger partial charge on any atom is -0.324 e. The molecule has 0 aromatic heterocycles. The number of hydrogen-bond donors (Lipinski definition) is 2. The molecule has 0 aliphatic heterocycles. The van der Waals surface area contributed by atoms with E-state index >= 15 is 0 Å². The summed E-state index contributed by atoms with van der Waals surface area (Å²) in [5.74, 6) is -0.133. The fourth-order valence-corrected chi connectivity index (χ4v) is 3.10. The Bertz CT molecular complexity index is 652. The normalized spacial score (nSPS) is 12.2. The zero-order valence-electron chi connectivity index (χ0n) is 13.9. The lowest BCUT2D eigenvalue weighted by atomic mass is 10.0. The van der Waals surface area contributed by atoms with E-state index < -0.39 is 6.04 Å². The average Bonchev–Trinajstić information content (AvgIpc) is 2.55. The van der Waals surface area contributed by atoms with E-state index in [1.165, 1.54) is 0 Å². The number of carbonyl (C=O) groups is 1. The minimum absolute atomic E-state index is 0.133. The number of benzene rings is 2. The molecule has 0 aliphatic rings. The van der Waals surface area contributed by atoms with Crippen LogP contribution in [-0.4, -0.2) is 11.9 Å². The fourth-order valence-electron chi connectivity index (χ4n) is 2.57. The summed E-state index contributed by atoms with van der Waals surface area (Å²) in [4.78, 5) is 12.8. The van der Waals surface area contributed by atoms with Gasteiger partial charge in [-0.1, -0.05) is 67.4 Å². The standard InChI is InChI=1S/C19H22Cl2N2O/c1-3-16(4-2)22-18(13-8-6-5-7-9-13)19(24)23-17-11-14(20)10-15(21)12-17/h5-12,16,18,22H,3-4H2,1-2H3,(H,23,24)/t18-/m1/s1. The van der Waals surface area contributed by atoms with Crippen LogP contribution in [0.25, 0.3) is 0 Å². The molecule has 0 fully saturated rings. The zero-order chi connectivity index (χ0) is 17.5. The number of halogens is 2. The Labute approximate surface area is 153 Å². The van der Waals surface area contributed by atoms with Crippen molar-refractivity contribution in [2.24, 2.45) is 0 Å². The molecule has 2 rings (SSSR count). The first-order valence-corrected chi connectivity index (χ1v) is 8.87. The maximum absolute atomic E-state index is 12.8. The molecule has 0 spiro atoms. The SMILES string of the molecule is CCC(CC)N[C@@H](C(=O)Nc1cc(Cl)cc(Cl)c1)c1ccccc1. The molecule has 2 aromatic rings. The second kappa shape index (κ2) is 9.07. The summed E-state index contributed by atoms with van der Waals surface area (Å²) in [6.45, 7) is 4.22. The number of nitrogens with one attached hydrogen (secondary N) is 2. The Morgan fingerprint density at radius 2 is 1.58 bits per heavy atom. The van der Waals surface area contributed by atoms with Gasteiger partial charge >= 0.3 is 0 Å². The molecular formula is C19H22Cl2N2O. The molecule has 2 aromatic carbocycles. The average molecular weight is 365 g/mol. The molecule has 2 N–H and O–H groups in total. The van der Waals surface area contributed by atoms with Crippen LogP contribution in [0.2, 0.25) is 10.0 Å². The summed E-state index contributed by atoms with van der Waals surface area (Å²) in [7, 11) is 0. The van der Waals surface area contributed by atoms with E-state index in [0.29, 0.717) is 15.7 Å². The lowest BCUT2D eigenvalue weighted by molar-refractivity contribution is -0.118. The molecule has 1 atom stereocenters. The van der Waals surface area contributed by atoms with Crippen molar-refractivity contribution in [3.8, 4) is 0 Å². The van der Waals surface area contributed by atoms with Gasteiger partial charge in [0.2, 0.25) is 5.91 Å². The fraction of sp³-hybridized carbons (Fsp3) is 0.316. The van der Waals surface area contributed by atoms with Gasteiger partial charge in [-0.25, -0.2) is 0 Å². The number of hydrogen-bond acceptors (Lipinski definition) is 2. The quantitative estimate of drug-likeness (QED) is 0.685. The topological polar surface area (TPSA) is 41.1 Å². The molecule has 0 radical (unpaired) electrons. The molecule has 3 nitrogen and oxygen atoms in total. The van der Waals surface area contributed by atoms with Gasteiger partial charge in [-0.2, -0.15) is 0 Å². The first-order valence-electron chi connectivity index (χ1n) is 8.11. The number of anilines is 1. The van der Waals surface area contributed by atoms with Gasteiger partial charge in [0, 0.05) is 21.8 Å². The second-order valence-corrected chi connectivity index (χ2v) is 6.54. The van der Waals surface area contributed by atoms with Gasteiger partial charge in [-0.3, -0.25) is 10.1 Å². The lowest BCUT2D eigenvalue weighted by Crippen LogP contribution is -2.39. The molecule has 0 heterocycles. The van der Waals surface area contributed by atoms with Crippen LogP contribution in [0.4, 0.5) is 5.69 Å². The van der Waals surface area contributed by atoms with Crippen LogP contribution in [-0.2, 0) is 4.79 Å². The van der Waals surface area contributed by atoms with E-state index in [0.717, 1.165) is 18.4 Å². The first kappa shape index (κ1) is 18.8. The van der Waals surface area contributed by atoms with Crippen LogP contribution in [0.5, 0.6) is 0 Å². The summed E-state index contributed by atoms with van der Waals surface area (Å²) in [6.07, 6.45) is 1.91. The van der Waals surface area contributed by atoms with Crippen molar-refractivity contribution >= 4 is 34.8 Å². The van der Waals surface area contributed by atoms with E-state index in [1.807, 2.05) is 30.3 Å². The van der Waals surface area contributed by atoms with Crippen LogP contribution >= 0.6 is 23.2 Å². The monoisotopic (exact) mass is 364 g/mol. The van der Waals surface area contributed by atoms with Crippen molar-refractivity contribution in [3.63, 3.8) is 0 Å². The largest absolute Gasteiger partial charge is 0.324 e. The number of carbonyl (C=O) groups excluding carboxylic acids is 1. The Morgan fingerprint density at radius 1 is 1.00 bits per heavy atom. The number of amides is 1. The summed E-state index contributed by atoms with van der Waals surface area (Å²) >= 11 is 12.0. The summed E-state index contributed by atoms with van der Waals surface area (Å²) in [6, 6.07) is 14.5. The third kappa shape index (κ3) is 5.23. The van der Waals surface area contributed by atoms with E-state index in [-0.39, 0.29) is 11.9 Å². The highest BCUT2D eigenvalue weighted by atomic mass is 35.5. The summed E-state index contributed by atoms with van der Waals surface area (Å²) in [5.41, 5.74) is 1.51. The molecule has 128 valence electrons. The molecule has 0 bridgehead atoms.